The van der Waals surface area contributed by atoms with Crippen LogP contribution in [-0.2, 0) is 16.0 Å². The summed E-state index contributed by atoms with van der Waals surface area (Å²) >= 11 is 0. The average Bonchev–Trinajstić information content (AvgIpc) is 3.47. The lowest BCUT2D eigenvalue weighted by molar-refractivity contribution is -0.125. The Hall–Kier alpha value is -4.23. The van der Waals surface area contributed by atoms with Crippen LogP contribution in [0.2, 0.25) is 0 Å². The summed E-state index contributed by atoms with van der Waals surface area (Å²) in [5.41, 5.74) is -0.0888. The number of aromatic hydroxyl groups is 1. The van der Waals surface area contributed by atoms with E-state index in [4.69, 9.17) is 14.5 Å². The molecule has 3 aliphatic heterocycles. The summed E-state index contributed by atoms with van der Waals surface area (Å²) in [4.78, 5) is 30.3. The Bertz CT molecular complexity index is 1860. The highest BCUT2D eigenvalue weighted by atomic mass is 19.1. The lowest BCUT2D eigenvalue weighted by Gasteiger charge is -2.31. The Morgan fingerprint density at radius 2 is 2.06 bits per heavy atom. The summed E-state index contributed by atoms with van der Waals surface area (Å²) in [5.74, 6) is -1.75. The Kier molecular flexibility index (Phi) is 8.29. The molecule has 3 atom stereocenters. The van der Waals surface area contributed by atoms with E-state index in [2.05, 4.69) is 20.2 Å². The van der Waals surface area contributed by atoms with Gasteiger partial charge in [0.1, 0.15) is 41.4 Å². The number of rotatable bonds is 7. The molecule has 13 heteroatoms. The summed E-state index contributed by atoms with van der Waals surface area (Å²) < 4.78 is 58.3. The van der Waals surface area contributed by atoms with E-state index in [1.807, 2.05) is 4.90 Å². The van der Waals surface area contributed by atoms with Gasteiger partial charge in [0.2, 0.25) is 5.91 Å². The molecular formula is C34H37F3N6O4. The van der Waals surface area contributed by atoms with E-state index in [9.17, 15) is 18.7 Å². The van der Waals surface area contributed by atoms with Crippen LogP contribution in [0.3, 0.4) is 0 Å². The van der Waals surface area contributed by atoms with Crippen molar-refractivity contribution < 1.29 is 32.5 Å². The molecule has 0 spiro atoms. The fraction of sp³-hybridized carbons (Fsp3) is 0.471. The number of phenolic OH excluding ortho intramolecular Hbond substituents is 1. The Labute approximate surface area is 269 Å². The van der Waals surface area contributed by atoms with Crippen LogP contribution in [0, 0.1) is 17.6 Å². The number of nitrogens with zero attached hydrogens (tertiary/aromatic N) is 5. The number of pyridine rings is 1. The molecule has 47 heavy (non-hydrogen) atoms. The minimum Gasteiger partial charge on any atom is -0.508 e. The van der Waals surface area contributed by atoms with Crippen molar-refractivity contribution in [3.63, 3.8) is 0 Å². The van der Waals surface area contributed by atoms with Crippen molar-refractivity contribution >= 4 is 33.4 Å². The predicted octanol–water partition coefficient (Wildman–Crippen LogP) is 4.55. The fourth-order valence-corrected chi connectivity index (χ4v) is 7.56. The highest BCUT2D eigenvalue weighted by Gasteiger charge is 2.49. The first-order valence-electron chi connectivity index (χ1n) is 16.1. The summed E-state index contributed by atoms with van der Waals surface area (Å²) in [6.45, 7) is 4.19. The minimum absolute atomic E-state index is 0.0850. The number of benzene rings is 2. The summed E-state index contributed by atoms with van der Waals surface area (Å²) in [7, 11) is 1.56. The number of fused-ring (bicyclic) bond motifs is 3. The Balaban J connectivity index is 1.38. The van der Waals surface area contributed by atoms with Crippen molar-refractivity contribution in [2.75, 3.05) is 57.9 Å². The number of carbonyl (C=O) groups is 1. The molecule has 4 aromatic rings. The molecule has 0 saturated carbocycles. The van der Waals surface area contributed by atoms with Crippen molar-refractivity contribution in [3.05, 3.63) is 47.7 Å². The van der Waals surface area contributed by atoms with Crippen molar-refractivity contribution in [1.82, 2.24) is 25.2 Å². The van der Waals surface area contributed by atoms with Crippen molar-refractivity contribution in [3.8, 4) is 23.0 Å². The quantitative estimate of drug-likeness (QED) is 0.298. The van der Waals surface area contributed by atoms with Crippen molar-refractivity contribution in [2.45, 2.75) is 44.3 Å². The van der Waals surface area contributed by atoms with Gasteiger partial charge in [-0.05, 0) is 60.3 Å². The van der Waals surface area contributed by atoms with Crippen molar-refractivity contribution in [1.29, 1.82) is 0 Å². The minimum atomic E-state index is -0.952. The van der Waals surface area contributed by atoms with Crippen LogP contribution in [-0.4, -0.2) is 95.6 Å². The molecule has 2 N–H and O–H groups in total. The van der Waals surface area contributed by atoms with E-state index in [0.29, 0.717) is 54.7 Å². The maximum absolute atomic E-state index is 16.9. The molecule has 248 valence electrons. The molecule has 1 unspecified atom stereocenters. The molecule has 0 bridgehead atoms. The zero-order chi connectivity index (χ0) is 32.9. The predicted molar refractivity (Wildman–Crippen MR) is 170 cm³/mol. The smallest absolute Gasteiger partial charge is 0.319 e. The van der Waals surface area contributed by atoms with Gasteiger partial charge in [0.25, 0.3) is 0 Å². The number of ether oxygens (including phenoxy) is 2. The molecule has 1 amide bonds. The summed E-state index contributed by atoms with van der Waals surface area (Å²) in [6.07, 6.45) is 2.88. The number of nitrogens with one attached hydrogen (secondary N) is 1. The Morgan fingerprint density at radius 3 is 2.87 bits per heavy atom. The second-order valence-corrected chi connectivity index (χ2v) is 12.7. The van der Waals surface area contributed by atoms with Gasteiger partial charge in [0.15, 0.2) is 5.82 Å². The van der Waals surface area contributed by atoms with Crippen molar-refractivity contribution in [2.24, 2.45) is 5.92 Å². The molecule has 2 aromatic heterocycles. The molecule has 2 aromatic carbocycles. The number of carbonyl (C=O) groups excluding carboxylic acids is 1. The average molecular weight is 651 g/mol. The maximum atomic E-state index is 16.9. The molecule has 0 radical (unpaired) electrons. The van der Waals surface area contributed by atoms with Gasteiger partial charge in [-0.25, -0.2) is 13.2 Å². The number of hydrogen-bond acceptors (Lipinski definition) is 9. The zero-order valence-corrected chi connectivity index (χ0v) is 26.4. The molecule has 10 nitrogen and oxygen atoms in total. The van der Waals surface area contributed by atoms with E-state index in [1.54, 1.807) is 20.0 Å². The number of aromatic nitrogens is 3. The number of halogens is 3. The molecule has 3 saturated heterocycles. The lowest BCUT2D eigenvalue weighted by atomic mass is 9.94. The van der Waals surface area contributed by atoms with E-state index in [0.717, 1.165) is 19.4 Å². The molecular weight excluding hydrogens is 613 g/mol. The highest BCUT2D eigenvalue weighted by Crippen LogP contribution is 2.42. The lowest BCUT2D eigenvalue weighted by Crippen LogP contribution is -2.43. The van der Waals surface area contributed by atoms with E-state index >= 15 is 4.39 Å². The summed E-state index contributed by atoms with van der Waals surface area (Å²) in [5, 5.41) is 14.5. The molecule has 5 heterocycles. The Morgan fingerprint density at radius 1 is 1.21 bits per heavy atom. The molecule has 7 rings (SSSR count). The van der Waals surface area contributed by atoms with Crippen LogP contribution in [0.1, 0.15) is 31.7 Å². The van der Waals surface area contributed by atoms with Gasteiger partial charge in [0.05, 0.1) is 30.1 Å². The number of anilines is 1. The normalized spacial score (nSPS) is 23.3. The van der Waals surface area contributed by atoms with Gasteiger partial charge in [0, 0.05) is 44.9 Å². The van der Waals surface area contributed by atoms with Crippen LogP contribution in [0.15, 0.2) is 30.5 Å². The number of alkyl halides is 1. The second-order valence-electron chi connectivity index (χ2n) is 12.7. The third-order valence-corrected chi connectivity index (χ3v) is 9.82. The van der Waals surface area contributed by atoms with Gasteiger partial charge < -0.3 is 24.8 Å². The first-order valence-corrected chi connectivity index (χ1v) is 16.1. The molecule has 0 aliphatic carbocycles. The van der Waals surface area contributed by atoms with Crippen LogP contribution in [0.5, 0.6) is 11.8 Å². The zero-order valence-electron chi connectivity index (χ0n) is 26.4. The van der Waals surface area contributed by atoms with Crippen LogP contribution in [0.4, 0.5) is 19.0 Å². The third-order valence-electron chi connectivity index (χ3n) is 9.82. The standard InChI is InChI=1S/C34H37F3N6O4/c1-3-23-26(36)6-5-19-11-22(44)12-24(27(19)23)29-28(37)30-25(14-39-29)31(42-9-10-46-17-20(15-42)32(45)38-2)41-33(40-30)47-18-34-7-4-8-43(34)16-21(35)13-34/h5-6,11-12,14,20-21,44H,3-4,7-10,13,15-18H2,1-2H3,(H,38,45)/t20?,21-,34+/m1/s1. The second kappa shape index (κ2) is 12.4. The third kappa shape index (κ3) is 5.58. The fourth-order valence-electron chi connectivity index (χ4n) is 7.56. The SMILES string of the molecule is CCc1c(F)ccc2cc(O)cc(-c3ncc4c(N5CCOCC(C(=O)NC)C5)nc(OC[C@@]56CCCN5C[C@H](F)C6)nc4c3F)c12. The van der Waals surface area contributed by atoms with Crippen LogP contribution < -0.4 is 15.0 Å². The number of amides is 1. The number of phenols is 1. The van der Waals surface area contributed by atoms with Crippen LogP contribution in [0.25, 0.3) is 32.9 Å². The first-order chi connectivity index (χ1) is 22.7. The van der Waals surface area contributed by atoms with Crippen LogP contribution >= 0.6 is 0 Å². The van der Waals surface area contributed by atoms with Gasteiger partial charge in [-0.3, -0.25) is 14.7 Å². The summed E-state index contributed by atoms with van der Waals surface area (Å²) in [6, 6.07) is 5.66. The van der Waals surface area contributed by atoms with Gasteiger partial charge >= 0.3 is 6.01 Å². The van der Waals surface area contributed by atoms with E-state index in [-0.39, 0.29) is 59.6 Å². The first kappa shape index (κ1) is 31.4. The molecule has 3 fully saturated rings. The van der Waals surface area contributed by atoms with E-state index < -0.39 is 29.3 Å². The largest absolute Gasteiger partial charge is 0.508 e. The topological polar surface area (TPSA) is 113 Å². The monoisotopic (exact) mass is 650 g/mol. The van der Waals surface area contributed by atoms with Gasteiger partial charge in [-0.15, -0.1) is 0 Å². The number of aryl methyl sites for hydroxylation is 1. The van der Waals surface area contributed by atoms with E-state index in [1.165, 1.54) is 24.4 Å². The van der Waals surface area contributed by atoms with Gasteiger partial charge in [-0.1, -0.05) is 13.0 Å². The maximum Gasteiger partial charge on any atom is 0.319 e. The molecule has 3 aliphatic rings. The number of hydrogen-bond donors (Lipinski definition) is 2. The van der Waals surface area contributed by atoms with Gasteiger partial charge in [-0.2, -0.15) is 9.97 Å². The highest BCUT2D eigenvalue weighted by molar-refractivity contribution is 6.01.